The number of nitrogens with zero attached hydrogens (tertiary/aromatic N) is 1. The number of alkyl halides is 1. The Kier molecular flexibility index (Phi) is 5.76. The zero-order valence-electron chi connectivity index (χ0n) is 9.37. The van der Waals surface area contributed by atoms with Gasteiger partial charge in [0.1, 0.15) is 6.04 Å². The second kappa shape index (κ2) is 7.11. The summed E-state index contributed by atoms with van der Waals surface area (Å²) in [4.78, 5) is 35.0. The number of carbonyl (C=O) groups is 2. The Morgan fingerprint density at radius 1 is 1.53 bits per heavy atom. The average molecular weight is 261 g/mol. The first-order chi connectivity index (χ1) is 8.20. The number of carbonyl (C=O) groups excluding carboxylic acids is 3. The number of nitrogens with one attached hydrogen (secondary N) is 2. The van der Waals surface area contributed by atoms with Crippen LogP contribution in [-0.4, -0.2) is 48.3 Å². The van der Waals surface area contributed by atoms with Gasteiger partial charge >= 0.3 is 12.4 Å². The van der Waals surface area contributed by atoms with Crippen LogP contribution in [0.2, 0.25) is 0 Å². The van der Waals surface area contributed by atoms with Crippen molar-refractivity contribution in [1.82, 2.24) is 15.5 Å². The van der Waals surface area contributed by atoms with E-state index in [0.29, 0.717) is 19.5 Å². The van der Waals surface area contributed by atoms with Crippen molar-refractivity contribution in [3.05, 3.63) is 0 Å². The monoisotopic (exact) mass is 260 g/mol. The molecule has 0 saturated carbocycles. The summed E-state index contributed by atoms with van der Waals surface area (Å²) < 4.78 is 0. The van der Waals surface area contributed by atoms with Crippen molar-refractivity contribution in [2.45, 2.75) is 25.3 Å². The van der Waals surface area contributed by atoms with E-state index >= 15 is 0 Å². The summed E-state index contributed by atoms with van der Waals surface area (Å²) in [5, 5.41) is 4.84. The molecule has 0 bridgehead atoms. The minimum absolute atomic E-state index is 0.289. The number of likely N-dealkylation sites (tertiary alicyclic amines) is 1. The predicted octanol–water partition coefficient (Wildman–Crippen LogP) is -0.0273. The van der Waals surface area contributed by atoms with Crippen molar-refractivity contribution in [2.24, 2.45) is 0 Å². The molecule has 1 fully saturated rings. The lowest BCUT2D eigenvalue weighted by Crippen LogP contribution is -2.51. The van der Waals surface area contributed by atoms with Gasteiger partial charge in [0.05, 0.1) is 0 Å². The maximum atomic E-state index is 11.9. The third-order valence-electron chi connectivity index (χ3n) is 2.54. The van der Waals surface area contributed by atoms with E-state index in [0.717, 1.165) is 17.7 Å². The average Bonchev–Trinajstić information content (AvgIpc) is 2.50. The molecule has 0 spiro atoms. The second-order valence-corrected chi connectivity index (χ2v) is 4.08. The van der Waals surface area contributed by atoms with E-state index in [4.69, 9.17) is 11.6 Å². The Morgan fingerprint density at radius 2 is 2.29 bits per heavy atom. The maximum Gasteiger partial charge on any atom is 0.324 e. The highest BCUT2D eigenvalue weighted by molar-refractivity contribution is 6.18. The molecule has 4 amide bonds. The Hall–Kier alpha value is -1.30. The number of rotatable bonds is 4. The van der Waals surface area contributed by atoms with Gasteiger partial charge in [-0.1, -0.05) is 0 Å². The molecule has 1 heterocycles. The van der Waals surface area contributed by atoms with Gasteiger partial charge in [0.2, 0.25) is 0 Å². The van der Waals surface area contributed by atoms with Gasteiger partial charge in [-0.25, -0.2) is 4.79 Å². The highest BCUT2D eigenvalue weighted by Gasteiger charge is 2.30. The van der Waals surface area contributed by atoms with Gasteiger partial charge in [0.25, 0.3) is 5.91 Å². The quantitative estimate of drug-likeness (QED) is 0.551. The van der Waals surface area contributed by atoms with Crippen LogP contribution >= 0.6 is 11.6 Å². The molecule has 0 aromatic carbocycles. The minimum Gasteiger partial charge on any atom is -0.336 e. The molecule has 1 aliphatic heterocycles. The largest absolute Gasteiger partial charge is 0.336 e. The van der Waals surface area contributed by atoms with E-state index in [1.165, 1.54) is 6.41 Å². The molecule has 0 unspecified atom stereocenters. The molecule has 1 atom stereocenters. The Balaban J connectivity index is 2.64. The van der Waals surface area contributed by atoms with Crippen molar-refractivity contribution in [3.8, 4) is 0 Å². The SMILES string of the molecule is O=[C]N[C@H]1CCCCN(C(=O)NCCCl)C1=O. The highest BCUT2D eigenvalue weighted by Crippen LogP contribution is 2.12. The third-order valence-corrected chi connectivity index (χ3v) is 2.73. The molecule has 0 aromatic heterocycles. The lowest BCUT2D eigenvalue weighted by molar-refractivity contribution is -0.129. The molecule has 0 aliphatic carbocycles. The topological polar surface area (TPSA) is 78.5 Å². The van der Waals surface area contributed by atoms with Gasteiger partial charge in [0.15, 0.2) is 0 Å². The first-order valence-electron chi connectivity index (χ1n) is 5.48. The first kappa shape index (κ1) is 13.8. The summed E-state index contributed by atoms with van der Waals surface area (Å²) in [6.07, 6.45) is 3.55. The van der Waals surface area contributed by atoms with E-state index in [2.05, 4.69) is 10.6 Å². The molecule has 6 nitrogen and oxygen atoms in total. The van der Waals surface area contributed by atoms with Crippen LogP contribution in [0.5, 0.6) is 0 Å². The molecule has 1 radical (unpaired) electrons. The van der Waals surface area contributed by atoms with Gasteiger partial charge in [-0.05, 0) is 19.3 Å². The van der Waals surface area contributed by atoms with Gasteiger partial charge in [0, 0.05) is 19.0 Å². The number of imide groups is 1. The molecule has 1 rings (SSSR count). The number of urea groups is 1. The summed E-state index contributed by atoms with van der Waals surface area (Å²) in [5.74, 6) is -0.102. The van der Waals surface area contributed by atoms with Gasteiger partial charge in [-0.3, -0.25) is 14.5 Å². The van der Waals surface area contributed by atoms with Crippen LogP contribution in [0.25, 0.3) is 0 Å². The van der Waals surface area contributed by atoms with E-state index in [9.17, 15) is 14.4 Å². The molecule has 17 heavy (non-hydrogen) atoms. The van der Waals surface area contributed by atoms with E-state index in [-0.39, 0.29) is 5.88 Å². The molecule has 0 aromatic rings. The fraction of sp³-hybridized carbons (Fsp3) is 0.700. The fourth-order valence-corrected chi connectivity index (χ4v) is 1.79. The molecular formula is C10H15ClN3O3. The van der Waals surface area contributed by atoms with Crippen LogP contribution in [0.15, 0.2) is 0 Å². The summed E-state index contributed by atoms with van der Waals surface area (Å²) in [6, 6.07) is -1.12. The zero-order chi connectivity index (χ0) is 12.7. The van der Waals surface area contributed by atoms with E-state index < -0.39 is 18.0 Å². The summed E-state index contributed by atoms with van der Waals surface area (Å²) >= 11 is 5.45. The van der Waals surface area contributed by atoms with Crippen LogP contribution in [-0.2, 0) is 9.59 Å². The number of amides is 4. The van der Waals surface area contributed by atoms with Crippen molar-refractivity contribution in [3.63, 3.8) is 0 Å². The fourth-order valence-electron chi connectivity index (χ4n) is 1.70. The first-order valence-corrected chi connectivity index (χ1v) is 6.02. The molecule has 1 saturated heterocycles. The van der Waals surface area contributed by atoms with Crippen molar-refractivity contribution < 1.29 is 14.4 Å². The van der Waals surface area contributed by atoms with E-state index in [1.54, 1.807) is 0 Å². The van der Waals surface area contributed by atoms with Gasteiger partial charge < -0.3 is 10.6 Å². The molecule has 2 N–H and O–H groups in total. The van der Waals surface area contributed by atoms with Crippen LogP contribution in [0.1, 0.15) is 19.3 Å². The standard InChI is InChI=1S/C10H15ClN3O3/c11-4-5-12-10(17)14-6-2-1-3-8(9(14)16)13-7-15/h8H,1-6H2,(H,12,17)(H,13,15)/t8-/m0/s1. The smallest absolute Gasteiger partial charge is 0.324 e. The molecular weight excluding hydrogens is 246 g/mol. The van der Waals surface area contributed by atoms with Gasteiger partial charge in [-0.2, -0.15) is 0 Å². The van der Waals surface area contributed by atoms with Crippen molar-refractivity contribution >= 4 is 29.9 Å². The highest BCUT2D eigenvalue weighted by atomic mass is 35.5. The Morgan fingerprint density at radius 3 is 2.94 bits per heavy atom. The van der Waals surface area contributed by atoms with E-state index in [1.807, 2.05) is 0 Å². The minimum atomic E-state index is -0.656. The predicted molar refractivity (Wildman–Crippen MR) is 62.3 cm³/mol. The van der Waals surface area contributed by atoms with Crippen LogP contribution in [0.3, 0.4) is 0 Å². The zero-order valence-corrected chi connectivity index (χ0v) is 10.1. The summed E-state index contributed by atoms with van der Waals surface area (Å²) in [7, 11) is 0. The Bertz CT molecular complexity index is 299. The molecule has 7 heteroatoms. The number of hydrogen-bond donors (Lipinski definition) is 2. The number of halogens is 1. The maximum absolute atomic E-state index is 11.9. The van der Waals surface area contributed by atoms with Crippen molar-refractivity contribution in [1.29, 1.82) is 0 Å². The van der Waals surface area contributed by atoms with Gasteiger partial charge in [-0.15, -0.1) is 11.6 Å². The summed E-state index contributed by atoms with van der Waals surface area (Å²) in [6.45, 7) is 0.673. The van der Waals surface area contributed by atoms with Crippen LogP contribution < -0.4 is 10.6 Å². The third kappa shape index (κ3) is 3.89. The second-order valence-electron chi connectivity index (χ2n) is 3.71. The number of hydrogen-bond acceptors (Lipinski definition) is 3. The van der Waals surface area contributed by atoms with Crippen LogP contribution in [0, 0.1) is 0 Å². The van der Waals surface area contributed by atoms with Crippen molar-refractivity contribution in [2.75, 3.05) is 19.0 Å². The Labute approximate surface area is 105 Å². The normalized spacial score (nSPS) is 20.6. The lowest BCUT2D eigenvalue weighted by Gasteiger charge is -2.22. The lowest BCUT2D eigenvalue weighted by atomic mass is 10.1. The van der Waals surface area contributed by atoms with Crippen LogP contribution in [0.4, 0.5) is 4.79 Å². The summed E-state index contributed by atoms with van der Waals surface area (Å²) in [5.41, 5.74) is 0. The molecule has 1 aliphatic rings. The molecule has 95 valence electrons.